The van der Waals surface area contributed by atoms with E-state index in [0.717, 1.165) is 57.3 Å². The second-order valence-electron chi connectivity index (χ2n) is 13.0. The van der Waals surface area contributed by atoms with Gasteiger partial charge in [0.25, 0.3) is 0 Å². The van der Waals surface area contributed by atoms with Crippen LogP contribution in [0, 0.1) is 0 Å². The number of anilines is 2. The van der Waals surface area contributed by atoms with Crippen molar-refractivity contribution in [2.75, 3.05) is 24.0 Å². The summed E-state index contributed by atoms with van der Waals surface area (Å²) in [5, 5.41) is 0. The molecule has 0 bridgehead atoms. The third kappa shape index (κ3) is 6.85. The van der Waals surface area contributed by atoms with Gasteiger partial charge in [0.15, 0.2) is 0 Å². The summed E-state index contributed by atoms with van der Waals surface area (Å²) in [5.41, 5.74) is 9.15. The third-order valence-corrected chi connectivity index (χ3v) is 9.94. The molecule has 2 aliphatic rings. The van der Waals surface area contributed by atoms with E-state index in [9.17, 15) is 19.2 Å². The van der Waals surface area contributed by atoms with Crippen LogP contribution in [0.4, 0.5) is 21.0 Å². The molecule has 0 unspecified atom stereocenters. The van der Waals surface area contributed by atoms with Crippen molar-refractivity contribution in [1.29, 1.82) is 0 Å². The van der Waals surface area contributed by atoms with Crippen LogP contribution in [-0.4, -0.2) is 50.4 Å². The highest BCUT2D eigenvalue weighted by atomic mass is 16.6. The molecule has 6 rings (SSSR count). The number of methoxy groups -OCH3 is 2. The van der Waals surface area contributed by atoms with Gasteiger partial charge in [0.2, 0.25) is 0 Å². The van der Waals surface area contributed by atoms with Gasteiger partial charge in [-0.05, 0) is 69.5 Å². The van der Waals surface area contributed by atoms with Gasteiger partial charge in [0.1, 0.15) is 12.1 Å². The molecule has 0 saturated heterocycles. The van der Waals surface area contributed by atoms with Crippen molar-refractivity contribution in [2.45, 2.75) is 77.3 Å². The number of esters is 2. The minimum absolute atomic E-state index is 0.235. The Morgan fingerprint density at radius 2 is 0.961 bits per heavy atom. The fourth-order valence-electron chi connectivity index (χ4n) is 7.45. The van der Waals surface area contributed by atoms with Crippen LogP contribution in [0.3, 0.4) is 0 Å². The summed E-state index contributed by atoms with van der Waals surface area (Å²) in [6, 6.07) is 25.1. The van der Waals surface area contributed by atoms with Gasteiger partial charge in [-0.2, -0.15) is 0 Å². The molecule has 0 aliphatic heterocycles. The first-order valence-electron chi connectivity index (χ1n) is 17.7. The van der Waals surface area contributed by atoms with E-state index in [1.165, 1.54) is 24.0 Å². The number of carbonyl (C=O) groups excluding carboxylic acids is 4. The maximum atomic E-state index is 14.3. The normalized spacial score (nSPS) is 13.2. The lowest BCUT2D eigenvalue weighted by molar-refractivity contribution is -0.161. The third-order valence-electron chi connectivity index (χ3n) is 9.94. The number of nitrogens with zero attached hydrogens (tertiary/aromatic N) is 2. The zero-order chi connectivity index (χ0) is 36.1. The zero-order valence-electron chi connectivity index (χ0n) is 29.6. The van der Waals surface area contributed by atoms with Crippen LogP contribution >= 0.6 is 0 Å². The molecule has 2 aliphatic carbocycles. The number of benzene rings is 4. The van der Waals surface area contributed by atoms with Gasteiger partial charge in [-0.25, -0.2) is 19.2 Å². The molecule has 2 amide bonds. The highest BCUT2D eigenvalue weighted by Gasteiger charge is 2.41. The first-order chi connectivity index (χ1) is 24.8. The Bertz CT molecular complexity index is 1810. The van der Waals surface area contributed by atoms with Crippen molar-refractivity contribution < 1.29 is 33.4 Å². The van der Waals surface area contributed by atoms with Crippen LogP contribution in [0.5, 0.6) is 0 Å². The van der Waals surface area contributed by atoms with Crippen molar-refractivity contribution in [3.8, 4) is 22.3 Å². The fourth-order valence-corrected chi connectivity index (χ4v) is 7.45. The second-order valence-corrected chi connectivity index (χ2v) is 13.0. The molecule has 0 heterocycles. The molecule has 4 aromatic carbocycles. The average molecular weight is 689 g/mol. The second kappa shape index (κ2) is 15.6. The number of hydrogen-bond acceptors (Lipinski definition) is 7. The highest BCUT2D eigenvalue weighted by Crippen LogP contribution is 2.44. The van der Waals surface area contributed by atoms with E-state index < -0.39 is 36.2 Å². The van der Waals surface area contributed by atoms with Crippen molar-refractivity contribution in [3.05, 3.63) is 107 Å². The average Bonchev–Trinajstić information content (AvgIpc) is 3.73. The molecule has 9 heteroatoms. The summed E-state index contributed by atoms with van der Waals surface area (Å²) >= 11 is 0. The number of unbranched alkanes of at least 4 members (excludes halogenated alkanes) is 2. The molecule has 51 heavy (non-hydrogen) atoms. The summed E-state index contributed by atoms with van der Waals surface area (Å²) in [7, 11) is 2.54. The molecule has 0 saturated carbocycles. The van der Waals surface area contributed by atoms with Gasteiger partial charge in [0, 0.05) is 12.8 Å². The van der Waals surface area contributed by atoms with Gasteiger partial charge in [-0.3, -0.25) is 9.80 Å². The van der Waals surface area contributed by atoms with E-state index >= 15 is 0 Å². The van der Waals surface area contributed by atoms with E-state index in [0.29, 0.717) is 37.1 Å². The molecule has 0 spiro atoms. The minimum atomic E-state index is -1.16. The maximum absolute atomic E-state index is 14.3. The topological polar surface area (TPSA) is 102 Å². The van der Waals surface area contributed by atoms with E-state index in [-0.39, 0.29) is 12.8 Å². The Balaban J connectivity index is 1.36. The van der Waals surface area contributed by atoms with Gasteiger partial charge in [-0.1, -0.05) is 112 Å². The molecule has 0 fully saturated rings. The summed E-state index contributed by atoms with van der Waals surface area (Å²) in [6.45, 7) is 3.97. The lowest BCUT2D eigenvalue weighted by atomic mass is 10.0. The van der Waals surface area contributed by atoms with E-state index in [4.69, 9.17) is 14.2 Å². The number of rotatable bonds is 12. The lowest BCUT2D eigenvalue weighted by Gasteiger charge is -2.33. The van der Waals surface area contributed by atoms with Crippen LogP contribution in [0.1, 0.15) is 74.6 Å². The SMILES string of the molecule is CCCC[C@@H](C(=O)OC(=O)[C@H](CCCC)N(C(=O)OC)c1cccc2c1Cc1ccccc1-2)N(C(=O)OC)c1cccc2c1Cc1ccccc1-2. The van der Waals surface area contributed by atoms with Crippen molar-refractivity contribution in [1.82, 2.24) is 0 Å². The lowest BCUT2D eigenvalue weighted by Crippen LogP contribution is -2.51. The molecule has 264 valence electrons. The predicted octanol–water partition coefficient (Wildman–Crippen LogP) is 8.86. The Labute approximate surface area is 299 Å². The molecule has 9 nitrogen and oxygen atoms in total. The quantitative estimate of drug-likeness (QED) is 0.0719. The molecule has 0 aromatic heterocycles. The van der Waals surface area contributed by atoms with Gasteiger partial charge in [0.05, 0.1) is 25.6 Å². The van der Waals surface area contributed by atoms with Crippen LogP contribution in [-0.2, 0) is 36.6 Å². The Morgan fingerprint density at radius 1 is 0.569 bits per heavy atom. The molecular formula is C42H44N2O7. The standard InChI is InChI=1S/C42H44N2O7/c1-5-7-21-37(43(41(47)49-3)35-23-13-19-31-29-17-11-9-15-27(29)25-33(31)35)39(45)51-40(46)38(22-8-6-2)44(42(48)50-4)36-24-14-20-32-30-18-12-10-16-28(30)26-34(32)36/h9-20,23-24,37-38H,5-8,21-22,25-26H2,1-4H3/t37-,38-/m0/s1. The fraction of sp³-hybridized carbons (Fsp3) is 0.333. The molecule has 4 aromatic rings. The molecule has 2 atom stereocenters. The Kier molecular flexibility index (Phi) is 10.8. The highest BCUT2D eigenvalue weighted by molar-refractivity contribution is 6.04. The summed E-state index contributed by atoms with van der Waals surface area (Å²) in [6.07, 6.45) is 2.79. The van der Waals surface area contributed by atoms with E-state index in [2.05, 4.69) is 0 Å². The monoisotopic (exact) mass is 688 g/mol. The number of ether oxygens (including phenoxy) is 3. The summed E-state index contributed by atoms with van der Waals surface area (Å²) in [5.74, 6) is -1.77. The van der Waals surface area contributed by atoms with Gasteiger partial charge < -0.3 is 14.2 Å². The summed E-state index contributed by atoms with van der Waals surface area (Å²) in [4.78, 5) is 58.5. The molecular weight excluding hydrogens is 644 g/mol. The number of carbonyl (C=O) groups is 4. The van der Waals surface area contributed by atoms with Crippen LogP contribution in [0.25, 0.3) is 22.3 Å². The van der Waals surface area contributed by atoms with Crippen LogP contribution < -0.4 is 9.80 Å². The summed E-state index contributed by atoms with van der Waals surface area (Å²) < 4.78 is 16.3. The molecule has 0 radical (unpaired) electrons. The van der Waals surface area contributed by atoms with Crippen LogP contribution in [0.2, 0.25) is 0 Å². The van der Waals surface area contributed by atoms with Crippen LogP contribution in [0.15, 0.2) is 84.9 Å². The van der Waals surface area contributed by atoms with Gasteiger partial charge >= 0.3 is 24.1 Å². The van der Waals surface area contributed by atoms with Crippen molar-refractivity contribution in [2.24, 2.45) is 0 Å². The first kappa shape index (κ1) is 35.4. The number of hydrogen-bond donors (Lipinski definition) is 0. The largest absolute Gasteiger partial charge is 0.452 e. The van der Waals surface area contributed by atoms with Crippen molar-refractivity contribution in [3.63, 3.8) is 0 Å². The maximum Gasteiger partial charge on any atom is 0.414 e. The van der Waals surface area contributed by atoms with Gasteiger partial charge in [-0.15, -0.1) is 0 Å². The predicted molar refractivity (Wildman–Crippen MR) is 197 cm³/mol. The van der Waals surface area contributed by atoms with Crippen molar-refractivity contribution >= 4 is 35.5 Å². The minimum Gasteiger partial charge on any atom is -0.452 e. The Morgan fingerprint density at radius 3 is 1.35 bits per heavy atom. The molecule has 0 N–H and O–H groups in total. The van der Waals surface area contributed by atoms with E-state index in [1.807, 2.05) is 86.6 Å². The van der Waals surface area contributed by atoms with E-state index in [1.54, 1.807) is 12.1 Å². The zero-order valence-corrected chi connectivity index (χ0v) is 29.6. The first-order valence-corrected chi connectivity index (χ1v) is 17.7. The number of amides is 2. The smallest absolute Gasteiger partial charge is 0.414 e. The number of fused-ring (bicyclic) bond motifs is 6. The Hall–Kier alpha value is -5.44.